The predicted molar refractivity (Wildman–Crippen MR) is 109 cm³/mol. The molecular weight excluding hydrogens is 402 g/mol. The topological polar surface area (TPSA) is 88.6 Å². The lowest BCUT2D eigenvalue weighted by Crippen LogP contribution is -2.37. The molecule has 9 heteroatoms. The molecule has 1 saturated carbocycles. The minimum Gasteiger partial charge on any atom is -0.372 e. The molecule has 0 amide bonds. The van der Waals surface area contributed by atoms with E-state index in [2.05, 4.69) is 20.0 Å². The van der Waals surface area contributed by atoms with Crippen molar-refractivity contribution in [2.45, 2.75) is 31.5 Å². The summed E-state index contributed by atoms with van der Waals surface area (Å²) in [5.41, 5.74) is 0.829. The molecule has 160 valence electrons. The molecule has 2 unspecified atom stereocenters. The van der Waals surface area contributed by atoms with Gasteiger partial charge in [0.05, 0.1) is 6.04 Å². The number of fused-ring (bicyclic) bond motifs is 1. The van der Waals surface area contributed by atoms with E-state index in [4.69, 9.17) is 5.26 Å². The zero-order valence-electron chi connectivity index (χ0n) is 16.8. The largest absolute Gasteiger partial charge is 0.372 e. The molecule has 1 N–H and O–H groups in total. The van der Waals surface area contributed by atoms with Gasteiger partial charge < -0.3 is 10.0 Å². The number of hydrazone groups is 1. The first-order valence-corrected chi connectivity index (χ1v) is 10.4. The SMILES string of the molecule is N#Cc1ccnc(N2C[C@H]3CC(C(O)N4N=CC[C@@H]4c4cc(F)cc(F)c4)C[C@H]3C2)n1. The first-order chi connectivity index (χ1) is 15.0. The number of hydrogen-bond donors (Lipinski definition) is 1. The Kier molecular flexibility index (Phi) is 5.02. The summed E-state index contributed by atoms with van der Waals surface area (Å²) < 4.78 is 27.4. The zero-order valence-corrected chi connectivity index (χ0v) is 16.8. The number of nitriles is 1. The van der Waals surface area contributed by atoms with Crippen LogP contribution in [0.15, 0.2) is 35.6 Å². The van der Waals surface area contributed by atoms with E-state index in [0.29, 0.717) is 35.5 Å². The third-order valence-corrected chi connectivity index (χ3v) is 6.65. The summed E-state index contributed by atoms with van der Waals surface area (Å²) in [6.45, 7) is 1.56. The van der Waals surface area contributed by atoms with E-state index < -0.39 is 17.9 Å². The Morgan fingerprint density at radius 2 is 1.84 bits per heavy atom. The molecule has 1 aromatic carbocycles. The van der Waals surface area contributed by atoms with Gasteiger partial charge in [-0.05, 0) is 48.4 Å². The number of nitrogens with zero attached hydrogens (tertiary/aromatic N) is 6. The Bertz CT molecular complexity index is 1020. The molecule has 0 bridgehead atoms. The second kappa shape index (κ2) is 7.85. The van der Waals surface area contributed by atoms with Gasteiger partial charge in [-0.1, -0.05) is 0 Å². The number of benzene rings is 1. The summed E-state index contributed by atoms with van der Waals surface area (Å²) in [4.78, 5) is 10.7. The number of aromatic nitrogens is 2. The molecule has 3 aliphatic rings. The number of rotatable bonds is 4. The highest BCUT2D eigenvalue weighted by Crippen LogP contribution is 2.45. The van der Waals surface area contributed by atoms with E-state index in [1.54, 1.807) is 23.5 Å². The van der Waals surface area contributed by atoms with E-state index in [9.17, 15) is 13.9 Å². The van der Waals surface area contributed by atoms with Crippen LogP contribution in [0.4, 0.5) is 14.7 Å². The molecule has 1 saturated heterocycles. The lowest BCUT2D eigenvalue weighted by Gasteiger charge is -2.33. The van der Waals surface area contributed by atoms with Gasteiger partial charge >= 0.3 is 0 Å². The molecule has 1 aromatic heterocycles. The van der Waals surface area contributed by atoms with Crippen molar-refractivity contribution in [3.63, 3.8) is 0 Å². The molecular formula is C22H22F2N6O. The number of aliphatic hydroxyl groups excluding tert-OH is 1. The molecule has 2 aliphatic heterocycles. The van der Waals surface area contributed by atoms with Gasteiger partial charge in [-0.25, -0.2) is 18.7 Å². The summed E-state index contributed by atoms with van der Waals surface area (Å²) in [6.07, 6.45) is 4.63. The van der Waals surface area contributed by atoms with Crippen LogP contribution in [0, 0.1) is 40.7 Å². The number of hydrogen-bond acceptors (Lipinski definition) is 7. The van der Waals surface area contributed by atoms with Gasteiger partial charge in [-0.2, -0.15) is 10.4 Å². The summed E-state index contributed by atoms with van der Waals surface area (Å²) in [5.74, 6) is 0.128. The fourth-order valence-corrected chi connectivity index (χ4v) is 5.27. The van der Waals surface area contributed by atoms with Gasteiger partial charge in [0.2, 0.25) is 5.95 Å². The monoisotopic (exact) mass is 424 g/mol. The molecule has 0 radical (unpaired) electrons. The molecule has 31 heavy (non-hydrogen) atoms. The first kappa shape index (κ1) is 19.8. The minimum atomic E-state index is -0.813. The minimum absolute atomic E-state index is 0.0275. The van der Waals surface area contributed by atoms with Gasteiger partial charge in [0.1, 0.15) is 29.6 Å². The standard InChI is InChI=1S/C22H22F2N6O/c23-17-7-13(8-18(24)9-17)20-2-4-27-30(20)21(31)14-5-15-11-29(12-16(15)6-14)22-26-3-1-19(10-25)28-22/h1,3-4,7-9,14-16,20-21,31H,2,5-6,11-12H2/t14?,15-,16+,20-,21?/m1/s1. The van der Waals surface area contributed by atoms with Crippen LogP contribution in [0.2, 0.25) is 0 Å². The second-order valence-electron chi connectivity index (χ2n) is 8.56. The van der Waals surface area contributed by atoms with Crippen molar-refractivity contribution in [3.05, 3.63) is 53.4 Å². The van der Waals surface area contributed by atoms with Crippen molar-refractivity contribution in [1.29, 1.82) is 5.26 Å². The molecule has 2 aromatic rings. The Morgan fingerprint density at radius 3 is 2.52 bits per heavy atom. The average molecular weight is 424 g/mol. The quantitative estimate of drug-likeness (QED) is 0.812. The summed E-state index contributed by atoms with van der Waals surface area (Å²) in [7, 11) is 0. The molecule has 5 rings (SSSR count). The van der Waals surface area contributed by atoms with Gasteiger partial charge in [-0.15, -0.1) is 0 Å². The lowest BCUT2D eigenvalue weighted by atomic mass is 9.99. The number of aliphatic hydroxyl groups is 1. The van der Waals surface area contributed by atoms with E-state index >= 15 is 0 Å². The van der Waals surface area contributed by atoms with Crippen LogP contribution in [-0.4, -0.2) is 45.6 Å². The van der Waals surface area contributed by atoms with E-state index in [0.717, 1.165) is 32.0 Å². The zero-order chi connectivity index (χ0) is 21.5. The summed E-state index contributed by atoms with van der Waals surface area (Å²) >= 11 is 0. The Balaban J connectivity index is 1.26. The van der Waals surface area contributed by atoms with Crippen molar-refractivity contribution < 1.29 is 13.9 Å². The third-order valence-electron chi connectivity index (χ3n) is 6.65. The van der Waals surface area contributed by atoms with Gasteiger partial charge in [0.25, 0.3) is 0 Å². The number of anilines is 1. The molecule has 5 atom stereocenters. The van der Waals surface area contributed by atoms with Crippen LogP contribution in [0.3, 0.4) is 0 Å². The van der Waals surface area contributed by atoms with Crippen molar-refractivity contribution in [2.75, 3.05) is 18.0 Å². The molecule has 1 aliphatic carbocycles. The van der Waals surface area contributed by atoms with E-state index in [1.165, 1.54) is 12.1 Å². The maximum absolute atomic E-state index is 13.7. The molecule has 0 spiro atoms. The van der Waals surface area contributed by atoms with Crippen molar-refractivity contribution in [1.82, 2.24) is 15.0 Å². The van der Waals surface area contributed by atoms with Crippen LogP contribution in [0.25, 0.3) is 0 Å². The van der Waals surface area contributed by atoms with Crippen molar-refractivity contribution >= 4 is 12.2 Å². The Morgan fingerprint density at radius 1 is 1.13 bits per heavy atom. The summed E-state index contributed by atoms with van der Waals surface area (Å²) in [5, 5.41) is 26.1. The van der Waals surface area contributed by atoms with Gasteiger partial charge in [-0.3, -0.25) is 5.01 Å². The molecule has 7 nitrogen and oxygen atoms in total. The smallest absolute Gasteiger partial charge is 0.226 e. The van der Waals surface area contributed by atoms with E-state index in [1.807, 2.05) is 6.07 Å². The van der Waals surface area contributed by atoms with Crippen LogP contribution in [0.5, 0.6) is 0 Å². The number of halogens is 2. The lowest BCUT2D eigenvalue weighted by molar-refractivity contribution is -0.0565. The van der Waals surface area contributed by atoms with Gasteiger partial charge in [0.15, 0.2) is 0 Å². The molecule has 2 fully saturated rings. The maximum atomic E-state index is 13.7. The second-order valence-corrected chi connectivity index (χ2v) is 8.56. The highest BCUT2D eigenvalue weighted by molar-refractivity contribution is 5.60. The van der Waals surface area contributed by atoms with Crippen LogP contribution < -0.4 is 4.90 Å². The van der Waals surface area contributed by atoms with Gasteiger partial charge in [0, 0.05) is 43.9 Å². The Hall–Kier alpha value is -3.12. The van der Waals surface area contributed by atoms with Crippen LogP contribution >= 0.6 is 0 Å². The molecule has 3 heterocycles. The van der Waals surface area contributed by atoms with Crippen molar-refractivity contribution in [2.24, 2.45) is 22.9 Å². The van der Waals surface area contributed by atoms with Crippen molar-refractivity contribution in [3.8, 4) is 6.07 Å². The fourth-order valence-electron chi connectivity index (χ4n) is 5.27. The van der Waals surface area contributed by atoms with Crippen LogP contribution in [0.1, 0.15) is 36.6 Å². The summed E-state index contributed by atoms with van der Waals surface area (Å²) in [6, 6.07) is 6.71. The first-order valence-electron chi connectivity index (χ1n) is 10.4. The van der Waals surface area contributed by atoms with E-state index in [-0.39, 0.29) is 12.0 Å². The van der Waals surface area contributed by atoms with Crippen LogP contribution in [-0.2, 0) is 0 Å². The fraction of sp³-hybridized carbons (Fsp3) is 0.455. The highest BCUT2D eigenvalue weighted by atomic mass is 19.1. The predicted octanol–water partition coefficient (Wildman–Crippen LogP) is 2.84. The average Bonchev–Trinajstić information content (AvgIpc) is 3.47. The highest BCUT2D eigenvalue weighted by Gasteiger charge is 2.46. The third kappa shape index (κ3) is 3.72. The Labute approximate surface area is 178 Å². The normalized spacial score (nSPS) is 28.1. The maximum Gasteiger partial charge on any atom is 0.226 e.